The molecule has 2 N–H and O–H groups in total. The second-order valence-corrected chi connectivity index (χ2v) is 7.16. The van der Waals surface area contributed by atoms with Crippen LogP contribution in [0.25, 0.3) is 10.9 Å². The maximum Gasteiger partial charge on any atom is 0.234 e. The van der Waals surface area contributed by atoms with Gasteiger partial charge in [-0.15, -0.1) is 0 Å². The molecule has 28 heavy (non-hydrogen) atoms. The van der Waals surface area contributed by atoms with E-state index in [2.05, 4.69) is 10.3 Å². The Morgan fingerprint density at radius 3 is 2.18 bits per heavy atom. The molecule has 0 saturated carbocycles. The van der Waals surface area contributed by atoms with Crippen LogP contribution in [0.3, 0.4) is 0 Å². The number of rotatable bonds is 6. The van der Waals surface area contributed by atoms with Crippen LogP contribution in [0.4, 0.5) is 5.69 Å². The lowest BCUT2D eigenvalue weighted by Crippen LogP contribution is -2.35. The zero-order chi connectivity index (χ0) is 20.5. The van der Waals surface area contributed by atoms with Crippen molar-refractivity contribution in [1.29, 1.82) is 0 Å². The summed E-state index contributed by atoms with van der Waals surface area (Å²) in [6, 6.07) is 11.4. The number of ether oxygens (including phenoxy) is 3. The topological polar surface area (TPSA) is 72.6 Å². The van der Waals surface area contributed by atoms with Gasteiger partial charge < -0.3 is 24.5 Å². The van der Waals surface area contributed by atoms with E-state index in [1.54, 1.807) is 33.5 Å². The van der Waals surface area contributed by atoms with Gasteiger partial charge in [0, 0.05) is 34.4 Å². The van der Waals surface area contributed by atoms with Crippen molar-refractivity contribution in [3.8, 4) is 17.2 Å². The number of aryl methyl sites for hydroxylation is 1. The van der Waals surface area contributed by atoms with Crippen LogP contribution in [0.15, 0.2) is 36.4 Å². The Morgan fingerprint density at radius 2 is 1.61 bits per heavy atom. The van der Waals surface area contributed by atoms with E-state index in [1.807, 2.05) is 45.0 Å². The van der Waals surface area contributed by atoms with Gasteiger partial charge in [0.05, 0.1) is 26.7 Å². The first-order chi connectivity index (χ1) is 13.3. The largest absolute Gasteiger partial charge is 0.493 e. The number of aromatic nitrogens is 1. The number of para-hydroxylation sites is 1. The molecule has 0 saturated heterocycles. The van der Waals surface area contributed by atoms with Crippen LogP contribution in [0.2, 0.25) is 0 Å². The molecule has 0 fully saturated rings. The average Bonchev–Trinajstić information content (AvgIpc) is 3.03. The highest BCUT2D eigenvalue weighted by Gasteiger charge is 2.34. The molecule has 6 heteroatoms. The lowest BCUT2D eigenvalue weighted by Gasteiger charge is -2.25. The lowest BCUT2D eigenvalue weighted by molar-refractivity contribution is -0.120. The van der Waals surface area contributed by atoms with E-state index >= 15 is 0 Å². The van der Waals surface area contributed by atoms with Gasteiger partial charge in [-0.05, 0) is 32.4 Å². The highest BCUT2D eigenvalue weighted by Crippen LogP contribution is 2.41. The summed E-state index contributed by atoms with van der Waals surface area (Å²) in [6.07, 6.45) is 0. The van der Waals surface area contributed by atoms with Crippen molar-refractivity contribution in [3.05, 3.63) is 47.7 Å². The minimum Gasteiger partial charge on any atom is -0.493 e. The summed E-state index contributed by atoms with van der Waals surface area (Å²) in [7, 11) is 4.63. The number of fused-ring (bicyclic) bond motifs is 1. The van der Waals surface area contributed by atoms with Crippen LogP contribution < -0.4 is 19.5 Å². The predicted molar refractivity (Wildman–Crippen MR) is 111 cm³/mol. The van der Waals surface area contributed by atoms with Crippen LogP contribution in [0, 0.1) is 6.92 Å². The van der Waals surface area contributed by atoms with Crippen molar-refractivity contribution >= 4 is 22.5 Å². The minimum absolute atomic E-state index is 0.130. The molecule has 0 aliphatic rings. The van der Waals surface area contributed by atoms with Gasteiger partial charge in [0.2, 0.25) is 11.7 Å². The number of benzene rings is 2. The van der Waals surface area contributed by atoms with Gasteiger partial charge in [-0.2, -0.15) is 0 Å². The summed E-state index contributed by atoms with van der Waals surface area (Å²) in [5.41, 5.74) is 2.79. The Labute approximate surface area is 164 Å². The monoisotopic (exact) mass is 382 g/mol. The lowest BCUT2D eigenvalue weighted by atomic mass is 9.81. The standard InChI is InChI=1S/C22H26N2O4/c1-13-19(15-9-7-8-10-16(15)23-13)22(2,3)21(25)24-14-11-17(26-4)20(28-6)18(12-14)27-5/h7-12,23H,1-6H3,(H,24,25). The van der Waals surface area contributed by atoms with Crippen molar-refractivity contribution in [2.45, 2.75) is 26.2 Å². The third kappa shape index (κ3) is 3.26. The van der Waals surface area contributed by atoms with E-state index in [1.165, 1.54) is 0 Å². The Balaban J connectivity index is 1.99. The normalized spacial score (nSPS) is 11.4. The average molecular weight is 382 g/mol. The van der Waals surface area contributed by atoms with E-state index in [9.17, 15) is 4.79 Å². The molecule has 0 unspecified atom stereocenters. The second-order valence-electron chi connectivity index (χ2n) is 7.16. The molecule has 1 heterocycles. The number of H-pyrrole nitrogens is 1. The maximum atomic E-state index is 13.2. The van der Waals surface area contributed by atoms with Crippen LogP contribution in [-0.4, -0.2) is 32.2 Å². The summed E-state index contributed by atoms with van der Waals surface area (Å²) < 4.78 is 16.1. The highest BCUT2D eigenvalue weighted by molar-refractivity contribution is 6.02. The van der Waals surface area contributed by atoms with Gasteiger partial charge in [-0.1, -0.05) is 18.2 Å². The van der Waals surface area contributed by atoms with Gasteiger partial charge in [-0.3, -0.25) is 4.79 Å². The molecule has 2 aromatic carbocycles. The molecule has 0 spiro atoms. The van der Waals surface area contributed by atoms with Crippen molar-refractivity contribution in [3.63, 3.8) is 0 Å². The van der Waals surface area contributed by atoms with Crippen molar-refractivity contribution in [1.82, 2.24) is 4.98 Å². The van der Waals surface area contributed by atoms with Crippen LogP contribution in [-0.2, 0) is 10.2 Å². The van der Waals surface area contributed by atoms with Gasteiger partial charge in [0.1, 0.15) is 0 Å². The Bertz CT molecular complexity index is 996. The molecule has 1 amide bonds. The van der Waals surface area contributed by atoms with Crippen LogP contribution >= 0.6 is 0 Å². The zero-order valence-electron chi connectivity index (χ0n) is 17.1. The van der Waals surface area contributed by atoms with Gasteiger partial charge in [0.25, 0.3) is 0 Å². The number of carbonyl (C=O) groups excluding carboxylic acids is 1. The summed E-state index contributed by atoms with van der Waals surface area (Å²) in [4.78, 5) is 16.6. The minimum atomic E-state index is -0.760. The third-order valence-corrected chi connectivity index (χ3v) is 5.01. The number of aromatic amines is 1. The second kappa shape index (κ2) is 7.46. The molecule has 3 aromatic rings. The summed E-state index contributed by atoms with van der Waals surface area (Å²) in [6.45, 7) is 5.83. The molecule has 0 radical (unpaired) electrons. The Kier molecular flexibility index (Phi) is 5.23. The quantitative estimate of drug-likeness (QED) is 0.662. The van der Waals surface area contributed by atoms with E-state index in [0.717, 1.165) is 22.2 Å². The fraction of sp³-hybridized carbons (Fsp3) is 0.318. The SMILES string of the molecule is COc1cc(NC(=O)C(C)(C)c2c(C)[nH]c3ccccc23)cc(OC)c1OC. The third-order valence-electron chi connectivity index (χ3n) is 5.01. The molecule has 6 nitrogen and oxygen atoms in total. The molecular formula is C22H26N2O4. The van der Waals surface area contributed by atoms with Gasteiger partial charge >= 0.3 is 0 Å². The van der Waals surface area contributed by atoms with E-state index < -0.39 is 5.41 Å². The fourth-order valence-electron chi connectivity index (χ4n) is 3.64. The van der Waals surface area contributed by atoms with Crippen molar-refractivity contribution in [2.24, 2.45) is 0 Å². The first-order valence-corrected chi connectivity index (χ1v) is 9.02. The molecule has 0 aliphatic carbocycles. The van der Waals surface area contributed by atoms with Gasteiger partial charge in [0.15, 0.2) is 11.5 Å². The number of nitrogens with one attached hydrogen (secondary N) is 2. The van der Waals surface area contributed by atoms with Gasteiger partial charge in [-0.25, -0.2) is 0 Å². The van der Waals surface area contributed by atoms with E-state index in [0.29, 0.717) is 22.9 Å². The summed E-state index contributed by atoms with van der Waals surface area (Å²) >= 11 is 0. The zero-order valence-corrected chi connectivity index (χ0v) is 17.1. The summed E-state index contributed by atoms with van der Waals surface area (Å²) in [5.74, 6) is 1.32. The molecule has 0 aliphatic heterocycles. The number of carbonyl (C=O) groups is 1. The van der Waals surface area contributed by atoms with E-state index in [-0.39, 0.29) is 5.91 Å². The highest BCUT2D eigenvalue weighted by atomic mass is 16.5. The molecule has 1 aromatic heterocycles. The first-order valence-electron chi connectivity index (χ1n) is 9.02. The predicted octanol–water partition coefficient (Wildman–Crippen LogP) is 4.42. The van der Waals surface area contributed by atoms with Crippen molar-refractivity contribution < 1.29 is 19.0 Å². The molecule has 0 bridgehead atoms. The Hall–Kier alpha value is -3.15. The number of methoxy groups -OCH3 is 3. The molecule has 3 rings (SSSR count). The number of anilines is 1. The fourth-order valence-corrected chi connectivity index (χ4v) is 3.64. The summed E-state index contributed by atoms with van der Waals surface area (Å²) in [5, 5.41) is 4.04. The maximum absolute atomic E-state index is 13.2. The number of hydrogen-bond donors (Lipinski definition) is 2. The Morgan fingerprint density at radius 1 is 1.00 bits per heavy atom. The molecule has 148 valence electrons. The number of hydrogen-bond acceptors (Lipinski definition) is 4. The van der Waals surface area contributed by atoms with Crippen LogP contribution in [0.5, 0.6) is 17.2 Å². The van der Waals surface area contributed by atoms with E-state index in [4.69, 9.17) is 14.2 Å². The first kappa shape index (κ1) is 19.6. The van der Waals surface area contributed by atoms with Crippen LogP contribution in [0.1, 0.15) is 25.1 Å². The molecular weight excluding hydrogens is 356 g/mol. The number of amides is 1. The smallest absolute Gasteiger partial charge is 0.234 e. The molecule has 0 atom stereocenters. The van der Waals surface area contributed by atoms with Crippen molar-refractivity contribution in [2.75, 3.05) is 26.6 Å².